The molecular formula is C11H9NO4. The lowest BCUT2D eigenvalue weighted by atomic mass is 10.1. The minimum atomic E-state index is -1.49. The number of fused-ring (bicyclic) bond motifs is 1. The molecule has 1 aromatic carbocycles. The van der Waals surface area contributed by atoms with Crippen molar-refractivity contribution in [1.82, 2.24) is 0 Å². The molecule has 0 saturated carbocycles. The molecule has 0 atom stereocenters. The number of Topliss-reactive ketones (excluding diaryl/α,β-unsaturated/α-hetero) is 1. The highest BCUT2D eigenvalue weighted by atomic mass is 16.4. The van der Waals surface area contributed by atoms with E-state index in [4.69, 9.17) is 5.11 Å². The summed E-state index contributed by atoms with van der Waals surface area (Å²) in [6.45, 7) is 0. The van der Waals surface area contributed by atoms with Crippen LogP contribution in [0.5, 0.6) is 0 Å². The van der Waals surface area contributed by atoms with E-state index >= 15 is 0 Å². The number of hydrogen-bond acceptors (Lipinski definition) is 3. The fraction of sp³-hybridized carbons (Fsp3) is 0.182. The second-order valence-electron chi connectivity index (χ2n) is 3.61. The van der Waals surface area contributed by atoms with Crippen LogP contribution in [0.1, 0.15) is 15.9 Å². The summed E-state index contributed by atoms with van der Waals surface area (Å²) in [5.41, 5.74) is 1.51. The number of nitrogens with zero attached hydrogens (tertiary/aromatic N) is 1. The Morgan fingerprint density at radius 1 is 1.38 bits per heavy atom. The molecule has 1 heterocycles. The molecule has 5 nitrogen and oxygen atoms in total. The highest BCUT2D eigenvalue weighted by Crippen LogP contribution is 2.28. The van der Waals surface area contributed by atoms with Crippen LogP contribution in [0.25, 0.3) is 0 Å². The molecule has 16 heavy (non-hydrogen) atoms. The van der Waals surface area contributed by atoms with Gasteiger partial charge in [-0.3, -0.25) is 9.59 Å². The van der Waals surface area contributed by atoms with E-state index < -0.39 is 11.8 Å². The number of benzene rings is 1. The molecule has 0 bridgehead atoms. The highest BCUT2D eigenvalue weighted by molar-refractivity contribution is 6.40. The lowest BCUT2D eigenvalue weighted by Gasteiger charge is -2.10. The SMILES string of the molecule is CN1C(=O)Cc2ccc(C(=O)C(=O)O)cc21. The fourth-order valence-electron chi connectivity index (χ4n) is 1.71. The van der Waals surface area contributed by atoms with Crippen molar-refractivity contribution in [3.05, 3.63) is 29.3 Å². The van der Waals surface area contributed by atoms with Gasteiger partial charge in [-0.1, -0.05) is 12.1 Å². The molecule has 0 spiro atoms. The zero-order chi connectivity index (χ0) is 11.9. The van der Waals surface area contributed by atoms with Crippen LogP contribution in [0.15, 0.2) is 18.2 Å². The number of anilines is 1. The zero-order valence-corrected chi connectivity index (χ0v) is 8.56. The van der Waals surface area contributed by atoms with Gasteiger partial charge in [-0.05, 0) is 11.6 Å². The predicted octanol–water partition coefficient (Wildman–Crippen LogP) is 0.473. The summed E-state index contributed by atoms with van der Waals surface area (Å²) >= 11 is 0. The molecule has 1 amide bonds. The first-order valence-corrected chi connectivity index (χ1v) is 4.68. The normalized spacial score (nSPS) is 13.8. The molecule has 1 N–H and O–H groups in total. The van der Waals surface area contributed by atoms with Crippen LogP contribution in [0.3, 0.4) is 0 Å². The third-order valence-electron chi connectivity index (χ3n) is 2.62. The number of ketones is 1. The number of carbonyl (C=O) groups is 3. The van der Waals surface area contributed by atoms with Gasteiger partial charge in [0.1, 0.15) is 0 Å². The van der Waals surface area contributed by atoms with Crippen LogP contribution in [0.2, 0.25) is 0 Å². The van der Waals surface area contributed by atoms with Crippen molar-refractivity contribution in [3.8, 4) is 0 Å². The van der Waals surface area contributed by atoms with Crippen molar-refractivity contribution in [3.63, 3.8) is 0 Å². The number of hydrogen-bond donors (Lipinski definition) is 1. The van der Waals surface area contributed by atoms with E-state index in [0.717, 1.165) is 5.56 Å². The monoisotopic (exact) mass is 219 g/mol. The maximum Gasteiger partial charge on any atom is 0.377 e. The fourth-order valence-corrected chi connectivity index (χ4v) is 1.71. The second kappa shape index (κ2) is 3.44. The Bertz CT molecular complexity index is 507. The van der Waals surface area contributed by atoms with Crippen LogP contribution >= 0.6 is 0 Å². The maximum atomic E-state index is 11.4. The molecular weight excluding hydrogens is 210 g/mol. The molecule has 1 aliphatic rings. The molecule has 0 aliphatic carbocycles. The molecule has 1 aliphatic heterocycles. The van der Waals surface area contributed by atoms with Crippen LogP contribution < -0.4 is 4.90 Å². The van der Waals surface area contributed by atoms with Crippen LogP contribution in [-0.2, 0) is 16.0 Å². The van der Waals surface area contributed by atoms with Gasteiger partial charge >= 0.3 is 5.97 Å². The van der Waals surface area contributed by atoms with Gasteiger partial charge in [0.15, 0.2) is 0 Å². The number of carbonyl (C=O) groups excluding carboxylic acids is 2. The van der Waals surface area contributed by atoms with Crippen molar-refractivity contribution in [2.45, 2.75) is 6.42 Å². The van der Waals surface area contributed by atoms with E-state index in [1.54, 1.807) is 13.1 Å². The van der Waals surface area contributed by atoms with E-state index in [1.165, 1.54) is 17.0 Å². The summed E-state index contributed by atoms with van der Waals surface area (Å²) in [6, 6.07) is 4.49. The minimum absolute atomic E-state index is 0.0603. The van der Waals surface area contributed by atoms with E-state index in [9.17, 15) is 14.4 Å². The predicted molar refractivity (Wildman–Crippen MR) is 55.5 cm³/mol. The first-order valence-electron chi connectivity index (χ1n) is 4.68. The Balaban J connectivity index is 2.45. The van der Waals surface area contributed by atoms with E-state index in [2.05, 4.69) is 0 Å². The number of carboxylic acid groups (broad SMARTS) is 1. The highest BCUT2D eigenvalue weighted by Gasteiger charge is 2.25. The van der Waals surface area contributed by atoms with Gasteiger partial charge in [0.2, 0.25) is 5.91 Å². The summed E-state index contributed by atoms with van der Waals surface area (Å²) in [7, 11) is 1.60. The Kier molecular flexibility index (Phi) is 2.23. The smallest absolute Gasteiger partial charge is 0.377 e. The van der Waals surface area contributed by atoms with Crippen molar-refractivity contribution in [2.75, 3.05) is 11.9 Å². The third-order valence-corrected chi connectivity index (χ3v) is 2.62. The zero-order valence-electron chi connectivity index (χ0n) is 8.56. The van der Waals surface area contributed by atoms with Crippen LogP contribution in [0, 0.1) is 0 Å². The van der Waals surface area contributed by atoms with Crippen molar-refractivity contribution in [2.24, 2.45) is 0 Å². The minimum Gasteiger partial charge on any atom is -0.475 e. The molecule has 0 radical (unpaired) electrons. The number of likely N-dealkylation sites (N-methyl/N-ethyl adjacent to an activating group) is 1. The van der Waals surface area contributed by atoms with Gasteiger partial charge in [-0.25, -0.2) is 4.79 Å². The van der Waals surface area contributed by atoms with Crippen molar-refractivity contribution >= 4 is 23.3 Å². The first-order chi connectivity index (χ1) is 7.50. The molecule has 0 saturated heterocycles. The maximum absolute atomic E-state index is 11.4. The standard InChI is InChI=1S/C11H9NO4/c1-12-8-4-7(10(14)11(15)16)3-2-6(8)5-9(12)13/h2-4H,5H2,1H3,(H,15,16). The van der Waals surface area contributed by atoms with Gasteiger partial charge in [0.25, 0.3) is 5.78 Å². The molecule has 0 fully saturated rings. The molecule has 82 valence electrons. The lowest BCUT2D eigenvalue weighted by Crippen LogP contribution is -2.21. The van der Waals surface area contributed by atoms with Gasteiger partial charge in [-0.2, -0.15) is 0 Å². The Hall–Kier alpha value is -2.17. The summed E-state index contributed by atoms with van der Waals surface area (Å²) in [4.78, 5) is 34.5. The van der Waals surface area contributed by atoms with Crippen LogP contribution in [0.4, 0.5) is 5.69 Å². The van der Waals surface area contributed by atoms with Gasteiger partial charge in [0, 0.05) is 18.3 Å². The molecule has 0 aromatic heterocycles. The summed E-state index contributed by atoms with van der Waals surface area (Å²) in [6.07, 6.45) is 0.299. The van der Waals surface area contributed by atoms with E-state index in [0.29, 0.717) is 12.1 Å². The molecule has 2 rings (SSSR count). The average molecular weight is 219 g/mol. The topological polar surface area (TPSA) is 74.7 Å². The van der Waals surface area contributed by atoms with E-state index in [1.807, 2.05) is 0 Å². The summed E-state index contributed by atoms with van der Waals surface area (Å²) in [5, 5.41) is 8.57. The number of aliphatic carboxylic acids is 1. The first kappa shape index (κ1) is 10.4. The van der Waals surface area contributed by atoms with Crippen LogP contribution in [-0.4, -0.2) is 29.8 Å². The summed E-state index contributed by atoms with van der Waals surface area (Å²) < 4.78 is 0. The Morgan fingerprint density at radius 2 is 2.06 bits per heavy atom. The average Bonchev–Trinajstić information content (AvgIpc) is 2.53. The quantitative estimate of drug-likeness (QED) is 0.579. The van der Waals surface area contributed by atoms with Crippen molar-refractivity contribution in [1.29, 1.82) is 0 Å². The third kappa shape index (κ3) is 1.46. The molecule has 5 heteroatoms. The second-order valence-corrected chi connectivity index (χ2v) is 3.61. The molecule has 0 unspecified atom stereocenters. The number of carboxylic acids is 1. The van der Waals surface area contributed by atoms with Crippen molar-refractivity contribution < 1.29 is 19.5 Å². The van der Waals surface area contributed by atoms with Gasteiger partial charge < -0.3 is 10.0 Å². The van der Waals surface area contributed by atoms with E-state index in [-0.39, 0.29) is 11.5 Å². The Labute approximate surface area is 91.3 Å². The van der Waals surface area contributed by atoms with Gasteiger partial charge in [-0.15, -0.1) is 0 Å². The van der Waals surface area contributed by atoms with Gasteiger partial charge in [0.05, 0.1) is 6.42 Å². The Morgan fingerprint density at radius 3 is 2.69 bits per heavy atom. The summed E-state index contributed by atoms with van der Waals surface area (Å²) in [5.74, 6) is -2.52. The largest absolute Gasteiger partial charge is 0.475 e. The number of amides is 1. The lowest BCUT2D eigenvalue weighted by molar-refractivity contribution is -0.131. The number of rotatable bonds is 2. The molecule has 1 aromatic rings.